The number of hydrogen-bond donors (Lipinski definition) is 2. The van der Waals surface area contributed by atoms with E-state index < -0.39 is 0 Å². The molecule has 3 N–H and O–H groups in total. The SMILES string of the molecule is COc1cc2nc(C)nc(N[C@H](C)c3cccc(-c4cnc(N)nc4)c3)c2cc1OC. The summed E-state index contributed by atoms with van der Waals surface area (Å²) >= 11 is 0. The molecule has 0 unspecified atom stereocenters. The number of rotatable bonds is 6. The van der Waals surface area contributed by atoms with Crippen LogP contribution in [0.5, 0.6) is 11.5 Å². The maximum Gasteiger partial charge on any atom is 0.219 e. The van der Waals surface area contributed by atoms with Crippen molar-refractivity contribution in [3.05, 3.63) is 60.2 Å². The number of aromatic nitrogens is 4. The second-order valence-corrected chi connectivity index (χ2v) is 7.17. The van der Waals surface area contributed by atoms with Crippen LogP contribution in [0.1, 0.15) is 24.4 Å². The van der Waals surface area contributed by atoms with Crippen LogP contribution in [0.15, 0.2) is 48.8 Å². The van der Waals surface area contributed by atoms with Crippen LogP contribution in [0.4, 0.5) is 11.8 Å². The zero-order valence-electron chi connectivity index (χ0n) is 17.9. The maximum atomic E-state index is 5.60. The molecule has 0 saturated heterocycles. The number of aryl methyl sites for hydroxylation is 1. The average molecular weight is 416 g/mol. The molecule has 0 fully saturated rings. The number of nitrogens with two attached hydrogens (primary N) is 1. The summed E-state index contributed by atoms with van der Waals surface area (Å²) in [6.45, 7) is 3.95. The van der Waals surface area contributed by atoms with E-state index in [1.807, 2.05) is 31.2 Å². The van der Waals surface area contributed by atoms with Crippen LogP contribution >= 0.6 is 0 Å². The highest BCUT2D eigenvalue weighted by Crippen LogP contribution is 2.35. The Bertz CT molecular complexity index is 1230. The molecular formula is C23H24N6O2. The maximum absolute atomic E-state index is 5.60. The normalized spacial score (nSPS) is 11.9. The molecule has 0 saturated carbocycles. The summed E-state index contributed by atoms with van der Waals surface area (Å²) in [7, 11) is 3.22. The molecule has 0 aliphatic carbocycles. The molecule has 31 heavy (non-hydrogen) atoms. The number of benzene rings is 2. The van der Waals surface area contributed by atoms with E-state index in [1.165, 1.54) is 0 Å². The molecule has 8 heteroatoms. The molecule has 0 aliphatic rings. The minimum atomic E-state index is -0.0137. The van der Waals surface area contributed by atoms with Crippen LogP contribution in [-0.4, -0.2) is 34.2 Å². The molecule has 2 aromatic carbocycles. The number of ether oxygens (including phenoxy) is 2. The smallest absolute Gasteiger partial charge is 0.219 e. The molecule has 2 heterocycles. The molecule has 8 nitrogen and oxygen atoms in total. The van der Waals surface area contributed by atoms with Gasteiger partial charge in [0.15, 0.2) is 11.5 Å². The molecule has 0 bridgehead atoms. The molecule has 4 rings (SSSR count). The fraction of sp³-hybridized carbons (Fsp3) is 0.217. The van der Waals surface area contributed by atoms with Gasteiger partial charge in [-0.25, -0.2) is 19.9 Å². The molecule has 158 valence electrons. The van der Waals surface area contributed by atoms with Crippen molar-refractivity contribution in [1.82, 2.24) is 19.9 Å². The Morgan fingerprint density at radius 1 is 0.935 bits per heavy atom. The van der Waals surface area contributed by atoms with E-state index in [2.05, 4.69) is 44.3 Å². The standard InChI is InChI=1S/C23H24N6O2/c1-13(15-6-5-7-16(8-15)17-11-25-23(24)26-12-17)27-22-18-9-20(30-3)21(31-4)10-19(18)28-14(2)29-22/h5-13H,1-4H3,(H2,24,25,26)(H,27,28,29)/t13-/m1/s1. The quantitative estimate of drug-likeness (QED) is 0.482. The first-order chi connectivity index (χ1) is 15.0. The number of fused-ring (bicyclic) bond motifs is 1. The monoisotopic (exact) mass is 416 g/mol. The third kappa shape index (κ3) is 4.18. The van der Waals surface area contributed by atoms with Crippen molar-refractivity contribution in [2.75, 3.05) is 25.3 Å². The Hall–Kier alpha value is -3.94. The van der Waals surface area contributed by atoms with E-state index in [0.717, 1.165) is 33.4 Å². The van der Waals surface area contributed by atoms with Crippen LogP contribution in [0.2, 0.25) is 0 Å². The Kier molecular flexibility index (Phi) is 5.53. The topological polar surface area (TPSA) is 108 Å². The van der Waals surface area contributed by atoms with Gasteiger partial charge in [-0.05, 0) is 37.1 Å². The summed E-state index contributed by atoms with van der Waals surface area (Å²) < 4.78 is 10.9. The van der Waals surface area contributed by atoms with Crippen LogP contribution in [0.3, 0.4) is 0 Å². The fourth-order valence-electron chi connectivity index (χ4n) is 3.44. The molecule has 0 amide bonds. The number of hydrogen-bond acceptors (Lipinski definition) is 8. The first-order valence-corrected chi connectivity index (χ1v) is 9.83. The predicted octanol–water partition coefficient (Wildman–Crippen LogP) is 4.17. The second kappa shape index (κ2) is 8.43. The Labute approximate surface area is 180 Å². The zero-order chi connectivity index (χ0) is 22.0. The number of nitrogens with zero attached hydrogens (tertiary/aromatic N) is 4. The van der Waals surface area contributed by atoms with E-state index >= 15 is 0 Å². The first-order valence-electron chi connectivity index (χ1n) is 9.83. The number of nitrogens with one attached hydrogen (secondary N) is 1. The van der Waals surface area contributed by atoms with E-state index in [9.17, 15) is 0 Å². The second-order valence-electron chi connectivity index (χ2n) is 7.17. The molecule has 1 atom stereocenters. The minimum absolute atomic E-state index is 0.0137. The number of nitrogen functional groups attached to an aromatic ring is 1. The molecular weight excluding hydrogens is 392 g/mol. The lowest BCUT2D eigenvalue weighted by atomic mass is 10.0. The third-order valence-electron chi connectivity index (χ3n) is 5.06. The zero-order valence-corrected chi connectivity index (χ0v) is 17.9. The fourth-order valence-corrected chi connectivity index (χ4v) is 3.44. The van der Waals surface area contributed by atoms with E-state index in [1.54, 1.807) is 26.6 Å². The summed E-state index contributed by atoms with van der Waals surface area (Å²) in [5.41, 5.74) is 9.41. The van der Waals surface area contributed by atoms with Gasteiger partial charge in [0.2, 0.25) is 5.95 Å². The van der Waals surface area contributed by atoms with Gasteiger partial charge in [0.25, 0.3) is 0 Å². The molecule has 2 aromatic heterocycles. The molecule has 0 radical (unpaired) electrons. The Morgan fingerprint density at radius 3 is 2.35 bits per heavy atom. The van der Waals surface area contributed by atoms with Gasteiger partial charge in [0, 0.05) is 35.5 Å². The van der Waals surface area contributed by atoms with Crippen molar-refractivity contribution in [3.63, 3.8) is 0 Å². The molecule has 4 aromatic rings. The van der Waals surface area contributed by atoms with Crippen molar-refractivity contribution < 1.29 is 9.47 Å². The first kappa shape index (κ1) is 20.3. The van der Waals surface area contributed by atoms with Gasteiger partial charge in [0.1, 0.15) is 11.6 Å². The van der Waals surface area contributed by atoms with Crippen molar-refractivity contribution in [1.29, 1.82) is 0 Å². The van der Waals surface area contributed by atoms with E-state index in [4.69, 9.17) is 15.2 Å². The van der Waals surface area contributed by atoms with Crippen molar-refractivity contribution in [2.45, 2.75) is 19.9 Å². The Morgan fingerprint density at radius 2 is 1.65 bits per heavy atom. The highest BCUT2D eigenvalue weighted by Gasteiger charge is 2.15. The van der Waals surface area contributed by atoms with Crippen LogP contribution in [-0.2, 0) is 0 Å². The number of methoxy groups -OCH3 is 2. The van der Waals surface area contributed by atoms with E-state index in [0.29, 0.717) is 17.3 Å². The highest BCUT2D eigenvalue weighted by atomic mass is 16.5. The van der Waals surface area contributed by atoms with Crippen LogP contribution < -0.4 is 20.5 Å². The molecule has 0 aliphatic heterocycles. The van der Waals surface area contributed by atoms with Gasteiger partial charge in [-0.2, -0.15) is 0 Å². The van der Waals surface area contributed by atoms with Crippen molar-refractivity contribution >= 4 is 22.7 Å². The van der Waals surface area contributed by atoms with Gasteiger partial charge < -0.3 is 20.5 Å². The summed E-state index contributed by atoms with van der Waals surface area (Å²) in [4.78, 5) is 17.4. The summed E-state index contributed by atoms with van der Waals surface area (Å²) in [6.07, 6.45) is 3.45. The summed E-state index contributed by atoms with van der Waals surface area (Å²) in [5.74, 6) is 2.92. The van der Waals surface area contributed by atoms with Crippen LogP contribution in [0, 0.1) is 6.92 Å². The van der Waals surface area contributed by atoms with Gasteiger partial charge in [-0.1, -0.05) is 18.2 Å². The predicted molar refractivity (Wildman–Crippen MR) is 121 cm³/mol. The number of anilines is 2. The van der Waals surface area contributed by atoms with Gasteiger partial charge >= 0.3 is 0 Å². The van der Waals surface area contributed by atoms with Gasteiger partial charge in [-0.3, -0.25) is 0 Å². The van der Waals surface area contributed by atoms with Crippen molar-refractivity contribution in [2.24, 2.45) is 0 Å². The van der Waals surface area contributed by atoms with Crippen molar-refractivity contribution in [3.8, 4) is 22.6 Å². The van der Waals surface area contributed by atoms with Gasteiger partial charge in [0.05, 0.1) is 19.7 Å². The largest absolute Gasteiger partial charge is 0.493 e. The van der Waals surface area contributed by atoms with Gasteiger partial charge in [-0.15, -0.1) is 0 Å². The third-order valence-corrected chi connectivity index (χ3v) is 5.06. The average Bonchev–Trinajstić information content (AvgIpc) is 2.78. The highest BCUT2D eigenvalue weighted by molar-refractivity contribution is 5.92. The van der Waals surface area contributed by atoms with E-state index in [-0.39, 0.29) is 12.0 Å². The lowest BCUT2D eigenvalue weighted by Crippen LogP contribution is -2.10. The lowest BCUT2D eigenvalue weighted by Gasteiger charge is -2.18. The Balaban J connectivity index is 1.69. The minimum Gasteiger partial charge on any atom is -0.493 e. The molecule has 0 spiro atoms. The summed E-state index contributed by atoms with van der Waals surface area (Å²) in [6, 6.07) is 11.9. The van der Waals surface area contributed by atoms with Crippen LogP contribution in [0.25, 0.3) is 22.0 Å². The summed E-state index contributed by atoms with van der Waals surface area (Å²) in [5, 5.41) is 4.38. The lowest BCUT2D eigenvalue weighted by molar-refractivity contribution is 0.356.